The van der Waals surface area contributed by atoms with Crippen LogP contribution in [0.1, 0.15) is 10.5 Å². The van der Waals surface area contributed by atoms with Gasteiger partial charge in [-0.15, -0.1) is 0 Å². The number of hydrogen-bond acceptors (Lipinski definition) is 7. The molecule has 148 valence electrons. The van der Waals surface area contributed by atoms with E-state index in [2.05, 4.69) is 20.5 Å². The zero-order chi connectivity index (χ0) is 20.0. The lowest BCUT2D eigenvalue weighted by molar-refractivity contribution is 0.0697. The molecule has 0 radical (unpaired) electrons. The number of nitrogens with zero attached hydrogens (tertiary/aromatic N) is 5. The minimum atomic E-state index is 0.00938. The van der Waals surface area contributed by atoms with Crippen molar-refractivity contribution in [2.24, 2.45) is 0 Å². The van der Waals surface area contributed by atoms with E-state index in [1.54, 1.807) is 18.1 Å². The summed E-state index contributed by atoms with van der Waals surface area (Å²) in [6, 6.07) is 9.78. The highest BCUT2D eigenvalue weighted by Gasteiger charge is 2.24. The van der Waals surface area contributed by atoms with Gasteiger partial charge in [-0.1, -0.05) is 18.0 Å². The topological polar surface area (TPSA) is 92.9 Å². The Kier molecular flexibility index (Phi) is 4.40. The quantitative estimate of drug-likeness (QED) is 0.521. The average molecular weight is 408 g/mol. The zero-order valence-electron chi connectivity index (χ0n) is 15.9. The van der Waals surface area contributed by atoms with Crippen LogP contribution in [0.15, 0.2) is 47.1 Å². The molecule has 0 bridgehead atoms. The van der Waals surface area contributed by atoms with Crippen LogP contribution in [0.2, 0.25) is 0 Å². The summed E-state index contributed by atoms with van der Waals surface area (Å²) in [6.45, 7) is 3.18. The highest BCUT2D eigenvalue weighted by atomic mass is 32.2. The molecule has 1 fully saturated rings. The maximum Gasteiger partial charge on any atom is 0.292 e. The summed E-state index contributed by atoms with van der Waals surface area (Å²) in [5.74, 6) is 0.00938. The molecule has 8 nitrogen and oxygen atoms in total. The summed E-state index contributed by atoms with van der Waals surface area (Å²) in [6.07, 6.45) is 5.66. The van der Waals surface area contributed by atoms with E-state index < -0.39 is 0 Å². The summed E-state index contributed by atoms with van der Waals surface area (Å²) in [4.78, 5) is 23.6. The van der Waals surface area contributed by atoms with Gasteiger partial charge in [0.1, 0.15) is 16.9 Å². The van der Waals surface area contributed by atoms with Crippen LogP contribution in [0.3, 0.4) is 0 Å². The molecule has 9 heteroatoms. The van der Waals surface area contributed by atoms with Gasteiger partial charge < -0.3 is 15.1 Å². The van der Waals surface area contributed by atoms with Gasteiger partial charge in [-0.25, -0.2) is 9.29 Å². The van der Waals surface area contributed by atoms with Gasteiger partial charge in [-0.05, 0) is 41.6 Å². The van der Waals surface area contributed by atoms with Gasteiger partial charge in [0.2, 0.25) is 0 Å². The Morgan fingerprint density at radius 2 is 1.93 bits per heavy atom. The van der Waals surface area contributed by atoms with E-state index in [1.165, 1.54) is 0 Å². The molecule has 5 rings (SSSR count). The first-order valence-corrected chi connectivity index (χ1v) is 10.5. The number of piperazine rings is 1. The van der Waals surface area contributed by atoms with Crippen molar-refractivity contribution in [3.63, 3.8) is 0 Å². The molecule has 1 aliphatic heterocycles. The summed E-state index contributed by atoms with van der Waals surface area (Å²) >= 11 is 1.72. The number of carbonyl (C=O) groups is 1. The van der Waals surface area contributed by atoms with E-state index >= 15 is 0 Å². The van der Waals surface area contributed by atoms with Crippen LogP contribution in [0.4, 0.5) is 6.01 Å². The van der Waals surface area contributed by atoms with E-state index in [0.29, 0.717) is 16.8 Å². The standard InChI is InChI=1S/C20H20N6O2S/c1-29-25-8-6-24(7-9-25)19(27)16-11-22-18-5-3-14(12-26(16)18)13-2-4-17-15(10-13)23-20(21)28-17/h2-5,10-12H,6-9H2,1H3,(H2,21,23). The van der Waals surface area contributed by atoms with Gasteiger partial charge in [0.05, 0.1) is 6.20 Å². The van der Waals surface area contributed by atoms with Gasteiger partial charge >= 0.3 is 0 Å². The van der Waals surface area contributed by atoms with Crippen molar-refractivity contribution < 1.29 is 9.21 Å². The van der Waals surface area contributed by atoms with Gasteiger partial charge in [-0.3, -0.25) is 9.20 Å². The molecule has 0 unspecified atom stereocenters. The van der Waals surface area contributed by atoms with Gasteiger partial charge in [0, 0.05) is 32.4 Å². The SMILES string of the molecule is CSN1CCN(C(=O)c2cnc3ccc(-c4ccc5oc(N)nc5c4)cn23)CC1. The Morgan fingerprint density at radius 1 is 1.14 bits per heavy atom. The van der Waals surface area contributed by atoms with E-state index in [9.17, 15) is 4.79 Å². The third-order valence-electron chi connectivity index (χ3n) is 5.25. The van der Waals surface area contributed by atoms with E-state index in [0.717, 1.165) is 43.0 Å². The maximum absolute atomic E-state index is 13.1. The highest BCUT2D eigenvalue weighted by molar-refractivity contribution is 7.96. The van der Waals surface area contributed by atoms with Crippen LogP contribution in [-0.4, -0.2) is 61.9 Å². The molecule has 0 saturated carbocycles. The van der Waals surface area contributed by atoms with Crippen molar-refractivity contribution in [3.05, 3.63) is 48.4 Å². The van der Waals surface area contributed by atoms with E-state index in [1.807, 2.05) is 45.8 Å². The number of hydrogen-bond donors (Lipinski definition) is 1. The number of benzene rings is 1. The molecule has 0 aliphatic carbocycles. The van der Waals surface area contributed by atoms with Crippen molar-refractivity contribution in [1.82, 2.24) is 23.6 Å². The van der Waals surface area contributed by atoms with E-state index in [-0.39, 0.29) is 11.9 Å². The van der Waals surface area contributed by atoms with Crippen molar-refractivity contribution in [3.8, 4) is 11.1 Å². The second-order valence-corrected chi connectivity index (χ2v) is 7.81. The predicted molar refractivity (Wildman–Crippen MR) is 114 cm³/mol. The molecule has 1 aliphatic rings. The van der Waals surface area contributed by atoms with Crippen LogP contribution in [-0.2, 0) is 0 Å². The molecule has 29 heavy (non-hydrogen) atoms. The lowest BCUT2D eigenvalue weighted by Crippen LogP contribution is -2.46. The fraction of sp³-hybridized carbons (Fsp3) is 0.250. The number of pyridine rings is 1. The molecule has 4 heterocycles. The number of oxazole rings is 1. The first kappa shape index (κ1) is 18.0. The molecule has 0 spiro atoms. The van der Waals surface area contributed by atoms with Crippen LogP contribution in [0.5, 0.6) is 0 Å². The molecule has 0 atom stereocenters. The Balaban J connectivity index is 1.49. The second kappa shape index (κ2) is 7.09. The number of amides is 1. The van der Waals surface area contributed by atoms with Crippen molar-refractivity contribution >= 4 is 40.6 Å². The number of nitrogen functional groups attached to an aromatic ring is 1. The Morgan fingerprint density at radius 3 is 2.72 bits per heavy atom. The van der Waals surface area contributed by atoms with Crippen molar-refractivity contribution in [2.75, 3.05) is 38.2 Å². The third-order valence-corrected chi connectivity index (χ3v) is 6.13. The molecule has 4 aromatic rings. The molecular weight excluding hydrogens is 388 g/mol. The lowest BCUT2D eigenvalue weighted by atomic mass is 10.1. The van der Waals surface area contributed by atoms with Crippen molar-refractivity contribution in [1.29, 1.82) is 0 Å². The van der Waals surface area contributed by atoms with Gasteiger partial charge in [-0.2, -0.15) is 4.98 Å². The lowest BCUT2D eigenvalue weighted by Gasteiger charge is -2.33. The molecule has 3 aromatic heterocycles. The van der Waals surface area contributed by atoms with Crippen LogP contribution < -0.4 is 5.73 Å². The fourth-order valence-corrected chi connectivity index (χ4v) is 4.20. The molecule has 1 aromatic carbocycles. The monoisotopic (exact) mass is 408 g/mol. The Hall–Kier alpha value is -3.04. The molecular formula is C20H20N6O2S. The molecule has 2 N–H and O–H groups in total. The normalized spacial score (nSPS) is 15.4. The highest BCUT2D eigenvalue weighted by Crippen LogP contribution is 2.26. The summed E-state index contributed by atoms with van der Waals surface area (Å²) in [7, 11) is 0. The Labute approximate surface area is 171 Å². The van der Waals surface area contributed by atoms with Crippen molar-refractivity contribution in [2.45, 2.75) is 0 Å². The fourth-order valence-electron chi connectivity index (χ4n) is 3.67. The smallest absolute Gasteiger partial charge is 0.292 e. The largest absolute Gasteiger partial charge is 0.424 e. The number of fused-ring (bicyclic) bond motifs is 2. The number of anilines is 1. The summed E-state index contributed by atoms with van der Waals surface area (Å²) < 4.78 is 9.47. The maximum atomic E-state index is 13.1. The molecule has 1 saturated heterocycles. The predicted octanol–water partition coefficient (Wildman–Crippen LogP) is 2.76. The summed E-state index contributed by atoms with van der Waals surface area (Å²) in [5.41, 5.74) is 10.2. The molecule has 1 amide bonds. The number of carbonyl (C=O) groups excluding carboxylic acids is 1. The van der Waals surface area contributed by atoms with Crippen LogP contribution in [0.25, 0.3) is 27.9 Å². The third kappa shape index (κ3) is 3.22. The average Bonchev–Trinajstić information content (AvgIpc) is 3.34. The second-order valence-electron chi connectivity index (χ2n) is 6.93. The zero-order valence-corrected chi connectivity index (χ0v) is 16.7. The number of imidazole rings is 1. The first-order chi connectivity index (χ1) is 14.1. The summed E-state index contributed by atoms with van der Waals surface area (Å²) in [5, 5.41) is 0. The number of aromatic nitrogens is 3. The van der Waals surface area contributed by atoms with Gasteiger partial charge in [0.25, 0.3) is 11.9 Å². The van der Waals surface area contributed by atoms with Crippen LogP contribution >= 0.6 is 11.9 Å². The van der Waals surface area contributed by atoms with Gasteiger partial charge in [0.15, 0.2) is 5.58 Å². The van der Waals surface area contributed by atoms with Crippen LogP contribution in [0, 0.1) is 0 Å². The minimum absolute atomic E-state index is 0.00938. The number of rotatable bonds is 3. The minimum Gasteiger partial charge on any atom is -0.424 e. The Bertz CT molecular complexity index is 1210. The van der Waals surface area contributed by atoms with E-state index in [4.69, 9.17) is 10.2 Å². The first-order valence-electron chi connectivity index (χ1n) is 9.34. The number of nitrogens with two attached hydrogens (primary N) is 1.